The van der Waals surface area contributed by atoms with Gasteiger partial charge in [-0.3, -0.25) is 14.5 Å². The second kappa shape index (κ2) is 7.41. The van der Waals surface area contributed by atoms with Crippen LogP contribution in [0, 0.1) is 12.3 Å². The lowest BCUT2D eigenvalue weighted by Gasteiger charge is -2.44. The number of rotatable bonds is 4. The number of hydrogen-bond donors (Lipinski definition) is 0. The van der Waals surface area contributed by atoms with Crippen LogP contribution in [0.1, 0.15) is 61.1 Å². The molecule has 0 bridgehead atoms. The molecule has 162 valence electrons. The minimum absolute atomic E-state index is 0.0835. The van der Waals surface area contributed by atoms with Gasteiger partial charge in [-0.25, -0.2) is 4.79 Å². The van der Waals surface area contributed by atoms with Gasteiger partial charge in [0.1, 0.15) is 11.3 Å². The number of benzene rings is 1. The van der Waals surface area contributed by atoms with Gasteiger partial charge in [0, 0.05) is 17.8 Å². The lowest BCUT2D eigenvalue weighted by molar-refractivity contribution is -0.0500. The fourth-order valence-electron chi connectivity index (χ4n) is 4.54. The Kier molecular flexibility index (Phi) is 5.00. The summed E-state index contributed by atoms with van der Waals surface area (Å²) in [4.78, 5) is 25.1. The van der Waals surface area contributed by atoms with Crippen molar-refractivity contribution in [2.45, 2.75) is 51.8 Å². The Hall–Kier alpha value is -3.34. The predicted molar refractivity (Wildman–Crippen MR) is 111 cm³/mol. The summed E-state index contributed by atoms with van der Waals surface area (Å²) in [5.41, 5.74) is 1.23. The van der Waals surface area contributed by atoms with E-state index in [2.05, 4.69) is 29.5 Å². The van der Waals surface area contributed by atoms with E-state index in [1.54, 1.807) is 17.7 Å². The van der Waals surface area contributed by atoms with Gasteiger partial charge in [-0.15, -0.1) is 6.42 Å². The molecular formula is C23H22F2N2O4. The number of carbonyl (C=O) groups is 1. The van der Waals surface area contributed by atoms with Crippen LogP contribution in [0.5, 0.6) is 5.75 Å². The van der Waals surface area contributed by atoms with Crippen molar-refractivity contribution >= 4 is 5.97 Å². The van der Waals surface area contributed by atoms with Crippen molar-refractivity contribution in [3.8, 4) is 29.4 Å². The first-order valence-corrected chi connectivity index (χ1v) is 10.0. The van der Waals surface area contributed by atoms with Gasteiger partial charge in [0.05, 0.1) is 29.4 Å². The number of pyridine rings is 1. The zero-order chi connectivity index (χ0) is 22.5. The minimum Gasteiger partial charge on any atom is -0.462 e. The van der Waals surface area contributed by atoms with E-state index in [1.165, 1.54) is 18.3 Å². The molecule has 2 aliphatic rings. The van der Waals surface area contributed by atoms with Crippen LogP contribution in [0.25, 0.3) is 11.3 Å². The van der Waals surface area contributed by atoms with Crippen LogP contribution in [0.15, 0.2) is 29.2 Å². The van der Waals surface area contributed by atoms with Gasteiger partial charge < -0.3 is 9.47 Å². The van der Waals surface area contributed by atoms with Crippen LogP contribution in [-0.2, 0) is 4.74 Å². The molecule has 2 aromatic rings. The highest BCUT2D eigenvalue weighted by Gasteiger charge is 2.45. The van der Waals surface area contributed by atoms with Crippen LogP contribution >= 0.6 is 0 Å². The zero-order valence-corrected chi connectivity index (χ0v) is 17.4. The van der Waals surface area contributed by atoms with E-state index in [1.807, 2.05) is 0 Å². The molecular weight excluding hydrogens is 406 g/mol. The predicted octanol–water partition coefficient (Wildman–Crippen LogP) is 3.84. The molecule has 1 saturated heterocycles. The Labute approximate surface area is 178 Å². The van der Waals surface area contributed by atoms with E-state index in [0.29, 0.717) is 11.3 Å². The first-order chi connectivity index (χ1) is 14.7. The van der Waals surface area contributed by atoms with Crippen LogP contribution in [0.2, 0.25) is 0 Å². The largest absolute Gasteiger partial charge is 0.462 e. The SMILES string of the molecule is C#Cc1cc2c(cc1OC(F)F)-c1cc(=O)c(C(=O)OCC)cn1N1[C@@H]2CCC1(C)C. The molecule has 1 aromatic carbocycles. The monoisotopic (exact) mass is 428 g/mol. The molecule has 1 atom stereocenters. The van der Waals surface area contributed by atoms with E-state index in [-0.39, 0.29) is 35.1 Å². The summed E-state index contributed by atoms with van der Waals surface area (Å²) >= 11 is 0. The smallest absolute Gasteiger partial charge is 0.387 e. The second-order valence-electron chi connectivity index (χ2n) is 8.17. The number of hydrogen-bond acceptors (Lipinski definition) is 5. The van der Waals surface area contributed by atoms with E-state index in [4.69, 9.17) is 11.2 Å². The third kappa shape index (κ3) is 3.34. The Balaban J connectivity index is 2.00. The van der Waals surface area contributed by atoms with Gasteiger partial charge in [-0.2, -0.15) is 8.78 Å². The fraction of sp³-hybridized carbons (Fsp3) is 0.391. The van der Waals surface area contributed by atoms with Crippen LogP contribution < -0.4 is 15.2 Å². The van der Waals surface area contributed by atoms with Crippen molar-refractivity contribution in [1.29, 1.82) is 0 Å². The molecule has 3 heterocycles. The van der Waals surface area contributed by atoms with E-state index < -0.39 is 18.0 Å². The molecule has 0 amide bonds. The highest BCUT2D eigenvalue weighted by atomic mass is 19.3. The molecule has 6 nitrogen and oxygen atoms in total. The third-order valence-electron chi connectivity index (χ3n) is 5.86. The maximum atomic E-state index is 13.0. The molecule has 31 heavy (non-hydrogen) atoms. The molecule has 0 saturated carbocycles. The molecule has 4 rings (SSSR count). The zero-order valence-electron chi connectivity index (χ0n) is 17.4. The van der Waals surface area contributed by atoms with Gasteiger partial charge in [-0.05, 0) is 51.3 Å². The molecule has 0 radical (unpaired) electrons. The van der Waals surface area contributed by atoms with Crippen molar-refractivity contribution in [3.05, 3.63) is 51.3 Å². The summed E-state index contributed by atoms with van der Waals surface area (Å²) in [7, 11) is 0. The number of carbonyl (C=O) groups excluding carboxylic acids is 1. The highest BCUT2D eigenvalue weighted by molar-refractivity contribution is 5.89. The number of ether oxygens (including phenoxy) is 2. The normalized spacial score (nSPS) is 18.1. The molecule has 0 N–H and O–H groups in total. The van der Waals surface area contributed by atoms with E-state index in [0.717, 1.165) is 18.4 Å². The topological polar surface area (TPSA) is 60.8 Å². The maximum Gasteiger partial charge on any atom is 0.387 e. The Bertz CT molecular complexity index is 1160. The first kappa shape index (κ1) is 20.9. The van der Waals surface area contributed by atoms with Gasteiger partial charge in [-0.1, -0.05) is 5.92 Å². The second-order valence-corrected chi connectivity index (χ2v) is 8.17. The quantitative estimate of drug-likeness (QED) is 0.547. The summed E-state index contributed by atoms with van der Waals surface area (Å²) in [5, 5.41) is 2.10. The van der Waals surface area contributed by atoms with Crippen LogP contribution in [0.3, 0.4) is 0 Å². The number of terminal acetylenes is 1. The Morgan fingerprint density at radius 1 is 1.35 bits per heavy atom. The summed E-state index contributed by atoms with van der Waals surface area (Å²) in [6.45, 7) is 2.91. The van der Waals surface area contributed by atoms with Gasteiger partial charge in [0.25, 0.3) is 0 Å². The molecule has 1 fully saturated rings. The van der Waals surface area contributed by atoms with Crippen molar-refractivity contribution < 1.29 is 23.0 Å². The molecule has 2 aliphatic heterocycles. The van der Waals surface area contributed by atoms with Crippen LogP contribution in [-0.4, -0.2) is 29.4 Å². The van der Waals surface area contributed by atoms with Crippen molar-refractivity contribution in [2.75, 3.05) is 11.6 Å². The molecule has 0 spiro atoms. The standard InChI is InChI=1S/C23H22F2N2O4/c1-5-13-9-14-15(10-20(13)31-22(24)25)18-11-19(28)16(21(29)30-6-2)12-26(18)27-17(14)7-8-23(27,3)4/h1,9-12,17,22H,6-8H2,2-4H3/t17-/m1/s1. The Morgan fingerprint density at radius 2 is 2.10 bits per heavy atom. The van der Waals surface area contributed by atoms with Crippen LogP contribution in [0.4, 0.5) is 8.78 Å². The molecule has 8 heteroatoms. The van der Waals surface area contributed by atoms with E-state index in [9.17, 15) is 18.4 Å². The van der Waals surface area contributed by atoms with Gasteiger partial charge in [0.2, 0.25) is 0 Å². The van der Waals surface area contributed by atoms with Crippen molar-refractivity contribution in [3.63, 3.8) is 0 Å². The average molecular weight is 428 g/mol. The highest BCUT2D eigenvalue weighted by Crippen LogP contribution is 2.49. The summed E-state index contributed by atoms with van der Waals surface area (Å²) < 4.78 is 37.3. The average Bonchev–Trinajstić information content (AvgIpc) is 3.02. The summed E-state index contributed by atoms with van der Waals surface area (Å²) in [6.07, 6.45) is 8.67. The number of fused-ring (bicyclic) bond motifs is 6. The Morgan fingerprint density at radius 3 is 2.74 bits per heavy atom. The lowest BCUT2D eigenvalue weighted by Crippen LogP contribution is -2.50. The number of halogens is 2. The van der Waals surface area contributed by atoms with Gasteiger partial charge >= 0.3 is 12.6 Å². The van der Waals surface area contributed by atoms with Crippen molar-refractivity contribution in [1.82, 2.24) is 4.68 Å². The fourth-order valence-corrected chi connectivity index (χ4v) is 4.54. The third-order valence-corrected chi connectivity index (χ3v) is 5.86. The number of nitrogens with zero attached hydrogens (tertiary/aromatic N) is 2. The molecule has 1 aromatic heterocycles. The number of aromatic nitrogens is 1. The summed E-state index contributed by atoms with van der Waals surface area (Å²) in [6, 6.07) is 4.36. The minimum atomic E-state index is -3.04. The molecule has 0 unspecified atom stereocenters. The maximum absolute atomic E-state index is 13.0. The van der Waals surface area contributed by atoms with Gasteiger partial charge in [0.15, 0.2) is 5.43 Å². The van der Waals surface area contributed by atoms with E-state index >= 15 is 0 Å². The van der Waals surface area contributed by atoms with Crippen molar-refractivity contribution in [2.24, 2.45) is 0 Å². The number of alkyl halides is 2. The molecule has 0 aliphatic carbocycles. The lowest BCUT2D eigenvalue weighted by atomic mass is 9.92. The summed E-state index contributed by atoms with van der Waals surface area (Å²) in [5.74, 6) is 1.59. The number of esters is 1. The first-order valence-electron chi connectivity index (χ1n) is 10.0.